The average Bonchev–Trinajstić information content (AvgIpc) is 1.59. The lowest BCUT2D eigenvalue weighted by atomic mass is 9.86. The van der Waals surface area contributed by atoms with Crippen molar-refractivity contribution >= 4 is 116 Å². The first kappa shape index (κ1) is 87.9. The Morgan fingerprint density at radius 2 is 0.719 bits per heavy atom. The van der Waals surface area contributed by atoms with Crippen LogP contribution in [0.5, 0.6) is 0 Å². The standard InChI is InChI=1S/C22H26ClN3O3.C22H23ClN2O3.C22H23FN2O3.C21H23Cl2N3O3/c1-11-8-12(2)17(13(3)9-11)18-16(27)10-15(20(18)28)6-7-24-22(29)19-14(4)21(23)26(5)25-19;1-12-6-13(2)19(14(3)7-12)20-18(26)9-15(21(20)27)4-5-25-22(28)16-8-17(23)11-24-10-16;1-12-8-13(2)19(14(3)9-12)20-17(26)10-15(21(20)27)6-7-24-22(28)16-4-5-18(23)25-11-16;1-10-7-11(2)15(12(3)8-10)16-14(27)9-13(18(16)28)5-6-24-21(29)17-19(22)25-26(4)20(17)23/h8-9,15,18H,6-7,10H2,1-5H3,(H,24,29);6-8,10-11,15,20H,4-5,9H2,1-3H3,(H,25,28);4-5,8-9,11,15,20H,6-7,10H2,1-3H3,(H,24,28);7-8,13,16H,5-6,9H2,1-4H3,(H,24,29). The number of hydrogen-bond donors (Lipinski definition) is 4. The maximum atomic E-state index is 13.0. The molecule has 0 saturated heterocycles. The van der Waals surface area contributed by atoms with Crippen molar-refractivity contribution in [1.82, 2.24) is 50.8 Å². The van der Waals surface area contributed by atoms with E-state index < -0.39 is 47.4 Å². The van der Waals surface area contributed by atoms with Crippen molar-refractivity contribution in [3.63, 3.8) is 0 Å². The summed E-state index contributed by atoms with van der Waals surface area (Å²) in [6, 6.07) is 20.0. The monoisotopic (exact) mass is 1630 g/mol. The van der Waals surface area contributed by atoms with Gasteiger partial charge < -0.3 is 21.3 Å². The highest BCUT2D eigenvalue weighted by Crippen LogP contribution is 2.42. The molecule has 0 spiro atoms. The molecule has 4 amide bonds. The van der Waals surface area contributed by atoms with Crippen molar-refractivity contribution in [1.29, 1.82) is 0 Å². The van der Waals surface area contributed by atoms with E-state index in [-0.39, 0.29) is 142 Å². The minimum absolute atomic E-state index is 0.0208. The van der Waals surface area contributed by atoms with Crippen LogP contribution in [0.15, 0.2) is 85.3 Å². The van der Waals surface area contributed by atoms with Gasteiger partial charge in [-0.2, -0.15) is 14.6 Å². The second-order valence-corrected chi connectivity index (χ2v) is 32.0. The molecule has 4 saturated carbocycles. The summed E-state index contributed by atoms with van der Waals surface area (Å²) in [4.78, 5) is 159. The molecule has 0 bridgehead atoms. The molecule has 4 aromatic heterocycles. The van der Waals surface area contributed by atoms with Gasteiger partial charge in [0.2, 0.25) is 5.95 Å². The van der Waals surface area contributed by atoms with Crippen LogP contribution in [0.2, 0.25) is 20.5 Å². The third-order valence-corrected chi connectivity index (χ3v) is 23.0. The minimum atomic E-state index is -0.710. The van der Waals surface area contributed by atoms with E-state index in [2.05, 4.69) is 41.4 Å². The van der Waals surface area contributed by atoms with E-state index in [0.717, 1.165) is 101 Å². The van der Waals surface area contributed by atoms with Gasteiger partial charge in [0, 0.05) is 114 Å². The maximum Gasteiger partial charge on any atom is 0.272 e. The number of Topliss-reactive ketones (excluding diaryl/α,β-unsaturated/α-hetero) is 8. The lowest BCUT2D eigenvalue weighted by Crippen LogP contribution is -2.28. The Kier molecular flexibility index (Phi) is 29.2. The third-order valence-electron chi connectivity index (χ3n) is 21.6. The minimum Gasteiger partial charge on any atom is -0.352 e. The Balaban J connectivity index is 0.000000174. The maximum absolute atomic E-state index is 13.0. The SMILES string of the molecule is Cc1cc(C)c(C2C(=O)CC(CCNC(=O)c3c(Cl)nn(C)c3Cl)C2=O)c(C)c1.Cc1cc(C)c(C2C(=O)CC(CCNC(=O)c3ccc(F)nc3)C2=O)c(C)c1.Cc1cc(C)c(C2C(=O)CC(CCNC(=O)c3cncc(Cl)c3)C2=O)c(C)c1.Cc1cc(C)c(C2C(=O)CC(CCNC(=O)c3nn(C)c(Cl)c3C)C2=O)c(C)c1. The van der Waals surface area contributed by atoms with Crippen molar-refractivity contribution in [2.24, 2.45) is 37.8 Å². The highest BCUT2D eigenvalue weighted by Gasteiger charge is 2.47. The molecule has 4 fully saturated rings. The fourth-order valence-corrected chi connectivity index (χ4v) is 17.4. The number of hydrogen-bond acceptors (Lipinski definition) is 16. The van der Waals surface area contributed by atoms with Gasteiger partial charge in [-0.1, -0.05) is 117 Å². The second kappa shape index (κ2) is 37.9. The van der Waals surface area contributed by atoms with Crippen LogP contribution < -0.4 is 21.3 Å². The van der Waals surface area contributed by atoms with Crippen molar-refractivity contribution in [2.45, 2.75) is 165 Å². The summed E-state index contributed by atoms with van der Waals surface area (Å²) in [7, 11) is 3.26. The number of halogens is 5. The summed E-state index contributed by atoms with van der Waals surface area (Å²) in [5.41, 5.74) is 17.1. The van der Waals surface area contributed by atoms with Gasteiger partial charge in [0.25, 0.3) is 23.6 Å². The van der Waals surface area contributed by atoms with E-state index in [1.807, 2.05) is 132 Å². The van der Waals surface area contributed by atoms with Crippen LogP contribution in [-0.2, 0) is 52.5 Å². The molecule has 22 nitrogen and oxygen atoms in total. The van der Waals surface area contributed by atoms with Gasteiger partial charge in [-0.25, -0.2) is 4.98 Å². The summed E-state index contributed by atoms with van der Waals surface area (Å²) in [5, 5.41) is 20.0. The molecule has 4 heterocycles. The van der Waals surface area contributed by atoms with Gasteiger partial charge in [0.15, 0.2) is 34.0 Å². The van der Waals surface area contributed by atoms with Crippen molar-refractivity contribution in [3.05, 3.63) is 229 Å². The molecule has 600 valence electrons. The molecule has 4 aliphatic rings. The quantitative estimate of drug-likeness (QED) is 0.0407. The number of pyridine rings is 2. The largest absolute Gasteiger partial charge is 0.352 e. The Labute approximate surface area is 682 Å². The number of benzene rings is 4. The number of nitrogens with one attached hydrogen (secondary N) is 4. The number of aryl methyl sites for hydroxylation is 14. The summed E-state index contributed by atoms with van der Waals surface area (Å²) in [5.74, 6) is -6.86. The first-order valence-corrected chi connectivity index (χ1v) is 39.3. The Hall–Kier alpha value is -10.1. The predicted molar refractivity (Wildman–Crippen MR) is 433 cm³/mol. The van der Waals surface area contributed by atoms with Gasteiger partial charge >= 0.3 is 0 Å². The van der Waals surface area contributed by atoms with Gasteiger partial charge in [0.1, 0.15) is 62.7 Å². The van der Waals surface area contributed by atoms with E-state index in [4.69, 9.17) is 46.4 Å². The zero-order valence-electron chi connectivity index (χ0n) is 66.7. The average molecular weight is 1630 g/mol. The van der Waals surface area contributed by atoms with Crippen LogP contribution in [-0.4, -0.2) is 126 Å². The first-order valence-electron chi connectivity index (χ1n) is 37.8. The van der Waals surface area contributed by atoms with Gasteiger partial charge in [-0.05, 0) is 201 Å². The Bertz CT molecular complexity index is 5090. The van der Waals surface area contributed by atoms with Crippen LogP contribution in [0.4, 0.5) is 4.39 Å². The smallest absolute Gasteiger partial charge is 0.272 e. The highest BCUT2D eigenvalue weighted by molar-refractivity contribution is 6.38. The van der Waals surface area contributed by atoms with Crippen LogP contribution in [0.3, 0.4) is 0 Å². The van der Waals surface area contributed by atoms with Crippen LogP contribution in [0.25, 0.3) is 0 Å². The molecule has 0 radical (unpaired) electrons. The van der Waals surface area contributed by atoms with Crippen LogP contribution >= 0.6 is 46.4 Å². The first-order chi connectivity index (χ1) is 53.8. The molecule has 27 heteroatoms. The topological polar surface area (TPSA) is 314 Å². The van der Waals surface area contributed by atoms with Crippen molar-refractivity contribution in [3.8, 4) is 0 Å². The molecule has 12 rings (SSSR count). The van der Waals surface area contributed by atoms with Gasteiger partial charge in [0.05, 0.1) is 16.1 Å². The molecule has 8 atom stereocenters. The molecular weight excluding hydrogens is 1540 g/mol. The van der Waals surface area contributed by atoms with E-state index in [9.17, 15) is 61.9 Å². The predicted octanol–water partition coefficient (Wildman–Crippen LogP) is 14.0. The fraction of sp³-hybridized carbons (Fsp3) is 0.402. The summed E-state index contributed by atoms with van der Waals surface area (Å²) >= 11 is 23.9. The normalized spacial score (nSPS) is 19.1. The molecule has 4 N–H and O–H groups in total. The van der Waals surface area contributed by atoms with Crippen LogP contribution in [0, 0.1) is 120 Å². The van der Waals surface area contributed by atoms with Crippen molar-refractivity contribution in [2.75, 3.05) is 26.2 Å². The zero-order chi connectivity index (χ0) is 83.8. The number of nitrogens with zero attached hydrogens (tertiary/aromatic N) is 6. The number of rotatable bonds is 20. The fourth-order valence-electron chi connectivity index (χ4n) is 16.5. The van der Waals surface area contributed by atoms with E-state index in [0.29, 0.717) is 60.1 Å². The Morgan fingerprint density at radius 3 is 1.01 bits per heavy atom. The van der Waals surface area contributed by atoms with Gasteiger partial charge in [-0.3, -0.25) is 71.9 Å². The molecule has 0 aliphatic heterocycles. The molecule has 114 heavy (non-hydrogen) atoms. The highest BCUT2D eigenvalue weighted by atomic mass is 35.5. The number of amides is 4. The zero-order valence-corrected chi connectivity index (χ0v) is 69.7. The van der Waals surface area contributed by atoms with E-state index >= 15 is 0 Å². The van der Waals surface area contributed by atoms with Gasteiger partial charge in [-0.15, -0.1) is 0 Å². The molecule has 8 aromatic rings. The third kappa shape index (κ3) is 20.3. The number of aromatic nitrogens is 6. The number of ketones is 8. The summed E-state index contributed by atoms with van der Waals surface area (Å²) < 4.78 is 15.6. The Morgan fingerprint density at radius 1 is 0.404 bits per heavy atom. The van der Waals surface area contributed by atoms with E-state index in [1.165, 1.54) is 33.9 Å². The molecular formula is C87H95Cl4FN10O12. The van der Waals surface area contributed by atoms with E-state index in [1.54, 1.807) is 21.0 Å². The van der Waals surface area contributed by atoms with Crippen molar-refractivity contribution < 1.29 is 61.9 Å². The molecule has 8 unspecified atom stereocenters. The lowest BCUT2D eigenvalue weighted by molar-refractivity contribution is -0.126. The second-order valence-electron chi connectivity index (χ2n) is 30.5. The molecule has 4 aliphatic carbocycles. The number of carbonyl (C=O) groups is 12. The molecule has 4 aromatic carbocycles. The van der Waals surface area contributed by atoms with Crippen LogP contribution in [0.1, 0.15) is 211 Å². The number of carbonyl (C=O) groups excluding carboxylic acids is 12. The summed E-state index contributed by atoms with van der Waals surface area (Å²) in [6.07, 6.45) is 6.53. The lowest BCUT2D eigenvalue weighted by Gasteiger charge is -2.16. The summed E-state index contributed by atoms with van der Waals surface area (Å²) in [6.45, 7) is 26.4.